The number of nitrogens with one attached hydrogen (secondary N) is 4. The van der Waals surface area contributed by atoms with Crippen molar-refractivity contribution in [2.75, 3.05) is 29.0 Å². The summed E-state index contributed by atoms with van der Waals surface area (Å²) in [4.78, 5) is 39.9. The zero-order valence-corrected chi connectivity index (χ0v) is 26.3. The third-order valence-corrected chi connectivity index (χ3v) is 6.55. The topological polar surface area (TPSA) is 199 Å². The van der Waals surface area contributed by atoms with Gasteiger partial charge in [-0.3, -0.25) is 4.98 Å². The maximum Gasteiger partial charge on any atom is 0.490 e. The largest absolute Gasteiger partial charge is 0.490 e. The van der Waals surface area contributed by atoms with Crippen molar-refractivity contribution < 1.29 is 69.2 Å². The first-order chi connectivity index (χ1) is 23.6. The van der Waals surface area contributed by atoms with Crippen molar-refractivity contribution in [2.24, 2.45) is 0 Å². The van der Waals surface area contributed by atoms with E-state index in [1.807, 2.05) is 6.20 Å². The number of carboxylic acids is 3. The predicted octanol–water partition coefficient (Wildman–Crippen LogP) is 6.17. The molecule has 1 saturated heterocycles. The Labute approximate surface area is 286 Å². The standard InChI is InChI=1S/C22H24ClN7.3C2HF3O2/c23-19-13-26-22-29-18-9-14(11-25-12-18)1-2-15-10-17(28-21(19)30-22)3-4-20(15)27-16-5-7-24-8-6-16;3*3-2(4,5)1(6)7/h3-4,9-13,16,24,27H,1-2,5-8H2,(H2,26,28,29,30);3*(H,6,7). The first kappa shape index (κ1) is 42.0. The Morgan fingerprint density at radius 2 is 1.31 bits per heavy atom. The lowest BCUT2D eigenvalue weighted by Gasteiger charge is -2.26. The molecule has 280 valence electrons. The Kier molecular flexibility index (Phi) is 15.0. The Balaban J connectivity index is 0.000000352. The highest BCUT2D eigenvalue weighted by molar-refractivity contribution is 6.32. The summed E-state index contributed by atoms with van der Waals surface area (Å²) in [5.74, 6) is -7.22. The summed E-state index contributed by atoms with van der Waals surface area (Å²) >= 11 is 6.35. The Morgan fingerprint density at radius 3 is 1.84 bits per heavy atom. The van der Waals surface area contributed by atoms with Gasteiger partial charge in [0.1, 0.15) is 5.02 Å². The molecule has 23 heteroatoms. The fourth-order valence-electron chi connectivity index (χ4n) is 3.96. The number of aryl methyl sites for hydroxylation is 2. The molecule has 6 bridgehead atoms. The number of hydrogen-bond donors (Lipinski definition) is 7. The van der Waals surface area contributed by atoms with Crippen LogP contribution < -0.4 is 21.3 Å². The van der Waals surface area contributed by atoms with Crippen LogP contribution in [0.15, 0.2) is 42.9 Å². The van der Waals surface area contributed by atoms with Crippen molar-refractivity contribution in [1.29, 1.82) is 0 Å². The average Bonchev–Trinajstić information content (AvgIpc) is 3.03. The highest BCUT2D eigenvalue weighted by atomic mass is 35.5. The number of piperidine rings is 1. The number of rotatable bonds is 2. The van der Waals surface area contributed by atoms with E-state index in [1.165, 1.54) is 16.8 Å². The SMILES string of the molecule is Clc1cnc2nc1Nc1ccc(NC3CCNCC3)c(c1)CCc1cncc(c1)N2.O=C(O)C(F)(F)F.O=C(O)C(F)(F)F.O=C(O)C(F)(F)F. The molecule has 3 aromatic rings. The minimum absolute atomic E-state index is 0.473. The molecule has 2 aromatic heterocycles. The maximum atomic E-state index is 10.6. The Bertz CT molecular complexity index is 1600. The van der Waals surface area contributed by atoms with E-state index in [0.717, 1.165) is 50.1 Å². The lowest BCUT2D eigenvalue weighted by Crippen LogP contribution is -2.35. The van der Waals surface area contributed by atoms with E-state index in [-0.39, 0.29) is 0 Å². The fourth-order valence-corrected chi connectivity index (χ4v) is 4.10. The number of pyridine rings is 1. The highest BCUT2D eigenvalue weighted by Crippen LogP contribution is 2.30. The molecule has 0 amide bonds. The van der Waals surface area contributed by atoms with Crippen LogP contribution in [0.4, 0.5) is 68.3 Å². The second kappa shape index (κ2) is 18.2. The summed E-state index contributed by atoms with van der Waals surface area (Å²) < 4.78 is 95.2. The molecule has 2 aliphatic heterocycles. The first-order valence-electron chi connectivity index (χ1n) is 14.1. The minimum atomic E-state index is -5.08. The van der Waals surface area contributed by atoms with Crippen LogP contribution in [0.2, 0.25) is 5.02 Å². The molecule has 0 aliphatic carbocycles. The lowest BCUT2D eigenvalue weighted by molar-refractivity contribution is -0.193. The van der Waals surface area contributed by atoms with E-state index in [0.29, 0.717) is 22.8 Å². The summed E-state index contributed by atoms with van der Waals surface area (Å²) in [6.07, 6.45) is -5.88. The van der Waals surface area contributed by atoms with Crippen LogP contribution in [0, 0.1) is 0 Å². The van der Waals surface area contributed by atoms with Crippen molar-refractivity contribution in [3.05, 3.63) is 59.0 Å². The van der Waals surface area contributed by atoms with Crippen LogP contribution in [0.1, 0.15) is 24.0 Å². The molecule has 0 spiro atoms. The summed E-state index contributed by atoms with van der Waals surface area (Å²) in [6.45, 7) is 2.12. The maximum absolute atomic E-state index is 10.6. The number of carbonyl (C=O) groups is 3. The molecule has 4 heterocycles. The van der Waals surface area contributed by atoms with Crippen LogP contribution >= 0.6 is 11.6 Å². The molecule has 7 N–H and O–H groups in total. The van der Waals surface area contributed by atoms with E-state index in [1.54, 1.807) is 12.4 Å². The van der Waals surface area contributed by atoms with E-state index < -0.39 is 36.4 Å². The number of benzene rings is 1. The van der Waals surface area contributed by atoms with Crippen molar-refractivity contribution in [3.63, 3.8) is 0 Å². The van der Waals surface area contributed by atoms with Gasteiger partial charge in [0.15, 0.2) is 5.82 Å². The lowest BCUT2D eigenvalue weighted by atomic mass is 10.0. The van der Waals surface area contributed by atoms with Gasteiger partial charge in [-0.05, 0) is 74.2 Å². The van der Waals surface area contributed by atoms with Gasteiger partial charge in [0.05, 0.1) is 18.1 Å². The number of aromatic nitrogens is 3. The summed E-state index contributed by atoms with van der Waals surface area (Å²) in [5.41, 5.74) is 5.44. The smallest absolute Gasteiger partial charge is 0.475 e. The third kappa shape index (κ3) is 15.1. The molecule has 0 saturated carbocycles. The van der Waals surface area contributed by atoms with Crippen molar-refractivity contribution in [2.45, 2.75) is 50.3 Å². The van der Waals surface area contributed by atoms with Crippen LogP contribution in [0.25, 0.3) is 0 Å². The Morgan fingerprint density at radius 1 is 0.765 bits per heavy atom. The molecule has 1 fully saturated rings. The molecule has 0 atom stereocenters. The summed E-state index contributed by atoms with van der Waals surface area (Å²) in [7, 11) is 0. The summed E-state index contributed by atoms with van der Waals surface area (Å²) in [5, 5.41) is 35.6. The minimum Gasteiger partial charge on any atom is -0.475 e. The molecule has 5 rings (SSSR count). The van der Waals surface area contributed by atoms with E-state index in [9.17, 15) is 39.5 Å². The monoisotopic (exact) mass is 763 g/mol. The predicted molar refractivity (Wildman–Crippen MR) is 162 cm³/mol. The molecular weight excluding hydrogens is 737 g/mol. The zero-order chi connectivity index (χ0) is 38.6. The molecule has 0 unspecified atom stereocenters. The van der Waals surface area contributed by atoms with Crippen molar-refractivity contribution in [1.82, 2.24) is 20.3 Å². The second-order valence-corrected chi connectivity index (χ2v) is 10.6. The number of nitrogens with zero attached hydrogens (tertiary/aromatic N) is 3. The van der Waals surface area contributed by atoms with Gasteiger partial charge in [-0.1, -0.05) is 11.6 Å². The van der Waals surface area contributed by atoms with Gasteiger partial charge in [0.2, 0.25) is 5.95 Å². The van der Waals surface area contributed by atoms with Crippen molar-refractivity contribution in [3.8, 4) is 0 Å². The van der Waals surface area contributed by atoms with Gasteiger partial charge in [0, 0.05) is 23.6 Å². The van der Waals surface area contributed by atoms with Gasteiger partial charge in [-0.2, -0.15) is 44.5 Å². The number of fused-ring (bicyclic) bond motifs is 6. The second-order valence-electron chi connectivity index (χ2n) is 10.2. The molecule has 1 aromatic carbocycles. The molecule has 2 aliphatic rings. The van der Waals surface area contributed by atoms with Gasteiger partial charge in [-0.25, -0.2) is 19.4 Å². The van der Waals surface area contributed by atoms with Crippen molar-refractivity contribution >= 4 is 58.3 Å². The number of alkyl halides is 9. The molecule has 0 radical (unpaired) electrons. The summed E-state index contributed by atoms with van der Waals surface area (Å²) in [6, 6.07) is 9.00. The first-order valence-corrected chi connectivity index (χ1v) is 14.4. The van der Waals surface area contributed by atoms with Gasteiger partial charge in [-0.15, -0.1) is 0 Å². The Hall–Kier alpha value is -5.12. The van der Waals surface area contributed by atoms with E-state index in [2.05, 4.69) is 60.5 Å². The number of halogens is 10. The third-order valence-electron chi connectivity index (χ3n) is 6.27. The van der Waals surface area contributed by atoms with Crippen LogP contribution in [-0.2, 0) is 27.2 Å². The number of aliphatic carboxylic acids is 3. The molecule has 13 nitrogen and oxygen atoms in total. The van der Waals surface area contributed by atoms with Crippen LogP contribution in [0.3, 0.4) is 0 Å². The van der Waals surface area contributed by atoms with Gasteiger partial charge in [0.25, 0.3) is 0 Å². The van der Waals surface area contributed by atoms with Gasteiger partial charge >= 0.3 is 36.4 Å². The molecular formula is C28H27ClF9N7O6. The highest BCUT2D eigenvalue weighted by Gasteiger charge is 2.39. The van der Waals surface area contributed by atoms with Crippen LogP contribution in [0.5, 0.6) is 0 Å². The van der Waals surface area contributed by atoms with E-state index in [4.69, 9.17) is 41.3 Å². The average molecular weight is 764 g/mol. The van der Waals surface area contributed by atoms with E-state index >= 15 is 0 Å². The number of anilines is 5. The number of hydrogen-bond acceptors (Lipinski definition) is 10. The fraction of sp³-hybridized carbons (Fsp3) is 0.357. The zero-order valence-electron chi connectivity index (χ0n) is 25.5. The van der Waals surface area contributed by atoms with Crippen LogP contribution in [-0.4, -0.2) is 85.8 Å². The molecule has 51 heavy (non-hydrogen) atoms. The van der Waals surface area contributed by atoms with Gasteiger partial charge < -0.3 is 36.6 Å². The normalized spacial score (nSPS) is 14.2. The number of carboxylic acid groups (broad SMARTS) is 3. The quantitative estimate of drug-likeness (QED) is 0.146.